The topological polar surface area (TPSA) is 44.0 Å². The highest BCUT2D eigenvalue weighted by Crippen LogP contribution is 2.49. The highest BCUT2D eigenvalue weighted by molar-refractivity contribution is 7.10. The summed E-state index contributed by atoms with van der Waals surface area (Å²) in [4.78, 5) is 0.816. The fourth-order valence-electron chi connectivity index (χ4n) is 2.79. The first-order valence-corrected chi connectivity index (χ1v) is 7.70. The summed E-state index contributed by atoms with van der Waals surface area (Å²) in [6.07, 6.45) is 4.14. The van der Waals surface area contributed by atoms with Crippen LogP contribution in [0.25, 0.3) is 0 Å². The lowest BCUT2D eigenvalue weighted by Crippen LogP contribution is -2.32. The zero-order chi connectivity index (χ0) is 13.2. The van der Waals surface area contributed by atoms with Crippen molar-refractivity contribution < 1.29 is 5.11 Å². The second-order valence-corrected chi connectivity index (χ2v) is 6.57. The quantitative estimate of drug-likeness (QED) is 0.885. The summed E-state index contributed by atoms with van der Waals surface area (Å²) < 4.78 is 0. The van der Waals surface area contributed by atoms with Crippen LogP contribution in [0.3, 0.4) is 0 Å². The Morgan fingerprint density at radius 1 is 1.61 bits per heavy atom. The lowest BCUT2D eigenvalue weighted by Gasteiger charge is -2.37. The van der Waals surface area contributed by atoms with Gasteiger partial charge in [-0.1, -0.05) is 24.9 Å². The normalized spacial score (nSPS) is 29.8. The average molecular weight is 284 g/mol. The lowest BCUT2D eigenvalue weighted by molar-refractivity contribution is 0.0267. The van der Waals surface area contributed by atoms with E-state index in [9.17, 15) is 10.4 Å². The van der Waals surface area contributed by atoms with Gasteiger partial charge in [0.2, 0.25) is 0 Å². The summed E-state index contributed by atoms with van der Waals surface area (Å²) in [5, 5.41) is 22.4. The van der Waals surface area contributed by atoms with E-state index in [4.69, 9.17) is 11.6 Å². The Bertz CT molecular complexity index is 443. The minimum Gasteiger partial charge on any atom is -0.386 e. The Morgan fingerprint density at radius 3 is 2.72 bits per heavy atom. The number of thiophene rings is 1. The third-order valence-electron chi connectivity index (χ3n) is 4.18. The molecule has 0 aromatic carbocycles. The van der Waals surface area contributed by atoms with Crippen LogP contribution in [0.15, 0.2) is 11.4 Å². The van der Waals surface area contributed by atoms with Crippen LogP contribution in [0.2, 0.25) is 5.02 Å². The monoisotopic (exact) mass is 283 g/mol. The van der Waals surface area contributed by atoms with Gasteiger partial charge in [0.05, 0.1) is 16.5 Å². The van der Waals surface area contributed by atoms with Crippen LogP contribution in [0, 0.1) is 22.7 Å². The van der Waals surface area contributed by atoms with Gasteiger partial charge < -0.3 is 5.11 Å². The minimum absolute atomic E-state index is 0.611. The van der Waals surface area contributed by atoms with Crippen LogP contribution in [-0.2, 0) is 0 Å². The van der Waals surface area contributed by atoms with Crippen molar-refractivity contribution in [2.45, 2.75) is 45.1 Å². The second-order valence-electron chi connectivity index (χ2n) is 5.19. The standard InChI is InChI=1S/C14H18ClNOS/c1-2-10-3-5-14(9-16,6-4-10)13(17)12-7-11(15)8-18-12/h7-8,10,13,17H,2-6H2,1H3. The zero-order valence-electron chi connectivity index (χ0n) is 10.5. The number of aliphatic hydroxyl groups excluding tert-OH is 1. The van der Waals surface area contributed by atoms with Crippen molar-refractivity contribution >= 4 is 22.9 Å². The number of rotatable bonds is 3. The van der Waals surface area contributed by atoms with Gasteiger partial charge in [-0.05, 0) is 37.7 Å². The van der Waals surface area contributed by atoms with Crippen molar-refractivity contribution in [1.82, 2.24) is 0 Å². The zero-order valence-corrected chi connectivity index (χ0v) is 12.1. The smallest absolute Gasteiger partial charge is 0.107 e. The Morgan fingerprint density at radius 2 is 2.28 bits per heavy atom. The molecule has 1 heterocycles. The Labute approximate surface area is 117 Å². The minimum atomic E-state index is -0.696. The van der Waals surface area contributed by atoms with E-state index in [-0.39, 0.29) is 0 Å². The molecule has 18 heavy (non-hydrogen) atoms. The Kier molecular flexibility index (Phi) is 4.32. The molecule has 98 valence electrons. The van der Waals surface area contributed by atoms with E-state index in [0.717, 1.165) is 30.6 Å². The van der Waals surface area contributed by atoms with Gasteiger partial charge in [-0.25, -0.2) is 0 Å². The molecule has 1 unspecified atom stereocenters. The number of hydrogen-bond donors (Lipinski definition) is 1. The highest BCUT2D eigenvalue weighted by Gasteiger charge is 2.42. The molecule has 2 nitrogen and oxygen atoms in total. The van der Waals surface area contributed by atoms with Crippen LogP contribution in [0.4, 0.5) is 0 Å². The first-order chi connectivity index (χ1) is 8.61. The number of hydrogen-bond acceptors (Lipinski definition) is 3. The van der Waals surface area contributed by atoms with Crippen LogP contribution >= 0.6 is 22.9 Å². The summed E-state index contributed by atoms with van der Waals surface area (Å²) >= 11 is 7.33. The predicted octanol–water partition coefficient (Wildman–Crippen LogP) is 4.55. The second kappa shape index (κ2) is 5.61. The molecule has 1 aromatic rings. The Hall–Kier alpha value is -0.560. The van der Waals surface area contributed by atoms with Crippen molar-refractivity contribution in [2.24, 2.45) is 11.3 Å². The fourth-order valence-corrected chi connectivity index (χ4v) is 3.97. The molecule has 0 aliphatic heterocycles. The van der Waals surface area contributed by atoms with Crippen LogP contribution < -0.4 is 0 Å². The highest BCUT2D eigenvalue weighted by atomic mass is 35.5. The van der Waals surface area contributed by atoms with Gasteiger partial charge in [-0.15, -0.1) is 11.3 Å². The molecule has 0 spiro atoms. The van der Waals surface area contributed by atoms with Gasteiger partial charge >= 0.3 is 0 Å². The van der Waals surface area contributed by atoms with Crippen LogP contribution in [0.5, 0.6) is 0 Å². The molecule has 0 bridgehead atoms. The molecule has 0 saturated heterocycles. The third-order valence-corrected chi connectivity index (χ3v) is 5.51. The molecule has 1 fully saturated rings. The van der Waals surface area contributed by atoms with Gasteiger partial charge in [0.15, 0.2) is 0 Å². The molecular formula is C14H18ClNOS. The van der Waals surface area contributed by atoms with Crippen molar-refractivity contribution in [1.29, 1.82) is 5.26 Å². The van der Waals surface area contributed by atoms with Gasteiger partial charge in [0, 0.05) is 10.3 Å². The fraction of sp³-hybridized carbons (Fsp3) is 0.643. The molecule has 1 N–H and O–H groups in total. The average Bonchev–Trinajstić information content (AvgIpc) is 2.84. The molecule has 4 heteroatoms. The van der Waals surface area contributed by atoms with Gasteiger partial charge in [-0.3, -0.25) is 0 Å². The third kappa shape index (κ3) is 2.56. The van der Waals surface area contributed by atoms with Crippen molar-refractivity contribution in [3.05, 3.63) is 21.3 Å². The Balaban J connectivity index is 2.16. The van der Waals surface area contributed by atoms with E-state index >= 15 is 0 Å². The van der Waals surface area contributed by atoms with Gasteiger partial charge in [-0.2, -0.15) is 5.26 Å². The molecule has 1 saturated carbocycles. The largest absolute Gasteiger partial charge is 0.386 e. The summed E-state index contributed by atoms with van der Waals surface area (Å²) in [6, 6.07) is 4.16. The van der Waals surface area contributed by atoms with E-state index in [1.54, 1.807) is 6.07 Å². The molecule has 2 rings (SSSR count). The van der Waals surface area contributed by atoms with Crippen molar-refractivity contribution in [3.63, 3.8) is 0 Å². The van der Waals surface area contributed by atoms with E-state index in [0.29, 0.717) is 10.9 Å². The maximum atomic E-state index is 10.5. The molecule has 1 aliphatic carbocycles. The molecule has 1 aliphatic rings. The first-order valence-electron chi connectivity index (χ1n) is 6.44. The van der Waals surface area contributed by atoms with E-state index in [1.807, 2.05) is 5.38 Å². The number of nitriles is 1. The maximum Gasteiger partial charge on any atom is 0.107 e. The molecule has 0 radical (unpaired) electrons. The maximum absolute atomic E-state index is 10.5. The van der Waals surface area contributed by atoms with Crippen LogP contribution in [0.1, 0.15) is 50.0 Å². The lowest BCUT2D eigenvalue weighted by atomic mass is 9.67. The van der Waals surface area contributed by atoms with Crippen LogP contribution in [-0.4, -0.2) is 5.11 Å². The molecular weight excluding hydrogens is 266 g/mol. The SMILES string of the molecule is CCC1CCC(C#N)(C(O)c2cc(Cl)cs2)CC1. The molecule has 0 amide bonds. The first kappa shape index (κ1) is 13.9. The van der Waals surface area contributed by atoms with E-state index < -0.39 is 11.5 Å². The van der Waals surface area contributed by atoms with E-state index in [1.165, 1.54) is 17.8 Å². The van der Waals surface area contributed by atoms with Gasteiger partial charge in [0.25, 0.3) is 0 Å². The van der Waals surface area contributed by atoms with Crippen molar-refractivity contribution in [3.8, 4) is 6.07 Å². The molecule has 1 atom stereocenters. The summed E-state index contributed by atoms with van der Waals surface area (Å²) in [5.41, 5.74) is -0.611. The predicted molar refractivity (Wildman–Crippen MR) is 74.6 cm³/mol. The molecule has 1 aromatic heterocycles. The summed E-state index contributed by atoms with van der Waals surface area (Å²) in [5.74, 6) is 0.714. The summed E-state index contributed by atoms with van der Waals surface area (Å²) in [7, 11) is 0. The summed E-state index contributed by atoms with van der Waals surface area (Å²) in [6.45, 7) is 2.19. The number of halogens is 1. The van der Waals surface area contributed by atoms with Crippen molar-refractivity contribution in [2.75, 3.05) is 0 Å². The van der Waals surface area contributed by atoms with Gasteiger partial charge in [0.1, 0.15) is 6.10 Å². The number of aliphatic hydroxyl groups is 1. The van der Waals surface area contributed by atoms with E-state index in [2.05, 4.69) is 13.0 Å². The number of nitrogens with zero attached hydrogens (tertiary/aromatic N) is 1.